The van der Waals surface area contributed by atoms with Crippen LogP contribution >= 0.6 is 0 Å². The van der Waals surface area contributed by atoms with Crippen LogP contribution in [0, 0.1) is 10.1 Å². The third-order valence-electron chi connectivity index (χ3n) is 5.19. The van der Waals surface area contributed by atoms with Crippen LogP contribution in [0.4, 0.5) is 5.69 Å². The molecule has 3 aromatic rings. The summed E-state index contributed by atoms with van der Waals surface area (Å²) in [5.41, 5.74) is 2.86. The van der Waals surface area contributed by atoms with Gasteiger partial charge in [0.15, 0.2) is 0 Å². The highest BCUT2D eigenvalue weighted by molar-refractivity contribution is 6.03. The first-order chi connectivity index (χ1) is 14.5. The van der Waals surface area contributed by atoms with E-state index < -0.39 is 4.92 Å². The fourth-order valence-corrected chi connectivity index (χ4v) is 3.60. The average molecular weight is 406 g/mol. The molecule has 0 unspecified atom stereocenters. The van der Waals surface area contributed by atoms with Crippen molar-refractivity contribution in [2.24, 2.45) is 4.99 Å². The van der Waals surface area contributed by atoms with E-state index in [9.17, 15) is 14.9 Å². The standard InChI is InChI=1S/C22H22N4O4/c1-15(23-14-19-8-5-13-30-19)20-21(16-6-3-2-4-7-16)24-25(22(20)27)17-9-11-18(12-10-17)26(28)29/h2-4,6-7,9-12,19,24H,5,8,13-14H2,1H3/t19-/m1/s1. The van der Waals surface area contributed by atoms with Gasteiger partial charge in [-0.3, -0.25) is 25.0 Å². The van der Waals surface area contributed by atoms with Gasteiger partial charge in [0, 0.05) is 30.0 Å². The number of aliphatic imine (C=N–C) groups is 1. The summed E-state index contributed by atoms with van der Waals surface area (Å²) in [6.07, 6.45) is 2.10. The second-order valence-electron chi connectivity index (χ2n) is 7.20. The number of rotatable bonds is 6. The molecule has 0 amide bonds. The highest BCUT2D eigenvalue weighted by Gasteiger charge is 2.21. The Hall–Kier alpha value is -3.52. The second kappa shape index (κ2) is 8.46. The van der Waals surface area contributed by atoms with E-state index in [1.807, 2.05) is 37.3 Å². The molecule has 0 spiro atoms. The van der Waals surface area contributed by atoms with Gasteiger partial charge in [0.05, 0.1) is 34.5 Å². The molecule has 4 rings (SSSR count). The van der Waals surface area contributed by atoms with Crippen molar-refractivity contribution in [1.29, 1.82) is 0 Å². The number of benzene rings is 2. The van der Waals surface area contributed by atoms with Gasteiger partial charge in [0.2, 0.25) is 0 Å². The number of nitrogens with zero attached hydrogens (tertiary/aromatic N) is 3. The van der Waals surface area contributed by atoms with Crippen LogP contribution in [0.5, 0.6) is 0 Å². The third-order valence-corrected chi connectivity index (χ3v) is 5.19. The molecule has 8 heteroatoms. The zero-order valence-corrected chi connectivity index (χ0v) is 16.6. The van der Waals surface area contributed by atoms with E-state index >= 15 is 0 Å². The van der Waals surface area contributed by atoms with Crippen molar-refractivity contribution in [2.75, 3.05) is 13.2 Å². The summed E-state index contributed by atoms with van der Waals surface area (Å²) in [4.78, 5) is 28.4. The fraction of sp³-hybridized carbons (Fsp3) is 0.273. The molecular formula is C22H22N4O4. The monoisotopic (exact) mass is 406 g/mol. The maximum absolute atomic E-state index is 13.3. The van der Waals surface area contributed by atoms with E-state index in [-0.39, 0.29) is 17.4 Å². The minimum Gasteiger partial charge on any atom is -0.376 e. The number of non-ortho nitro benzene ring substituents is 1. The van der Waals surface area contributed by atoms with Crippen LogP contribution in [0.1, 0.15) is 25.3 Å². The van der Waals surface area contributed by atoms with Crippen LogP contribution in [-0.2, 0) is 4.74 Å². The van der Waals surface area contributed by atoms with Crippen LogP contribution in [0.15, 0.2) is 64.4 Å². The number of H-pyrrole nitrogens is 1. The maximum atomic E-state index is 13.3. The number of hydrogen-bond donors (Lipinski definition) is 1. The Balaban J connectivity index is 1.78. The zero-order valence-electron chi connectivity index (χ0n) is 16.6. The molecule has 0 radical (unpaired) electrons. The first-order valence-electron chi connectivity index (χ1n) is 9.83. The van der Waals surface area contributed by atoms with Crippen LogP contribution < -0.4 is 5.56 Å². The van der Waals surface area contributed by atoms with E-state index in [2.05, 4.69) is 10.1 Å². The molecule has 1 N–H and O–H groups in total. The summed E-state index contributed by atoms with van der Waals surface area (Å²) in [7, 11) is 0. The molecule has 154 valence electrons. The number of aromatic amines is 1. The molecule has 1 fully saturated rings. The number of nitro groups is 1. The number of hydrogen-bond acceptors (Lipinski definition) is 5. The summed E-state index contributed by atoms with van der Waals surface area (Å²) < 4.78 is 7.03. The van der Waals surface area contributed by atoms with Crippen LogP contribution in [-0.4, -0.2) is 39.7 Å². The van der Waals surface area contributed by atoms with Gasteiger partial charge in [0.1, 0.15) is 0 Å². The maximum Gasteiger partial charge on any atom is 0.280 e. The Bertz CT molecular complexity index is 1120. The molecule has 8 nitrogen and oxygen atoms in total. The molecule has 1 aliphatic heterocycles. The summed E-state index contributed by atoms with van der Waals surface area (Å²) in [5, 5.41) is 14.1. The molecular weight excluding hydrogens is 384 g/mol. The predicted octanol–water partition coefficient (Wildman–Crippen LogP) is 3.73. The molecule has 2 heterocycles. The van der Waals surface area contributed by atoms with Crippen LogP contribution in [0.25, 0.3) is 16.9 Å². The smallest absolute Gasteiger partial charge is 0.280 e. The molecule has 0 bridgehead atoms. The average Bonchev–Trinajstić information content (AvgIpc) is 3.40. The molecule has 1 atom stereocenters. The zero-order chi connectivity index (χ0) is 21.1. The predicted molar refractivity (Wildman–Crippen MR) is 115 cm³/mol. The molecule has 0 saturated carbocycles. The summed E-state index contributed by atoms with van der Waals surface area (Å²) in [6, 6.07) is 15.4. The number of ether oxygens (including phenoxy) is 1. The molecule has 0 aliphatic carbocycles. The third kappa shape index (κ3) is 3.95. The number of nitrogens with one attached hydrogen (secondary N) is 1. The first-order valence-corrected chi connectivity index (χ1v) is 9.83. The lowest BCUT2D eigenvalue weighted by Gasteiger charge is -2.07. The van der Waals surface area contributed by atoms with Gasteiger partial charge in [0.25, 0.3) is 11.2 Å². The molecule has 1 aliphatic rings. The lowest BCUT2D eigenvalue weighted by Crippen LogP contribution is -2.20. The minimum atomic E-state index is -0.468. The van der Waals surface area contributed by atoms with Crippen molar-refractivity contribution in [2.45, 2.75) is 25.9 Å². The van der Waals surface area contributed by atoms with Gasteiger partial charge in [-0.05, 0) is 31.9 Å². The molecule has 1 saturated heterocycles. The second-order valence-corrected chi connectivity index (χ2v) is 7.20. The van der Waals surface area contributed by atoms with Gasteiger partial charge < -0.3 is 4.74 Å². The SMILES string of the molecule is CC(=NC[C@H]1CCCO1)c1c(-c2ccccc2)[nH]n(-c2ccc([N+](=O)[O-])cc2)c1=O. The Morgan fingerprint density at radius 2 is 1.97 bits per heavy atom. The van der Waals surface area contributed by atoms with E-state index in [1.54, 1.807) is 12.1 Å². The Labute approximate surface area is 173 Å². The highest BCUT2D eigenvalue weighted by atomic mass is 16.6. The van der Waals surface area contributed by atoms with E-state index in [1.165, 1.54) is 16.8 Å². The molecule has 2 aromatic carbocycles. The topological polar surface area (TPSA) is 103 Å². The number of nitro benzene ring substituents is 1. The van der Waals surface area contributed by atoms with E-state index in [0.717, 1.165) is 25.0 Å². The minimum absolute atomic E-state index is 0.0313. The van der Waals surface area contributed by atoms with Gasteiger partial charge in [-0.25, -0.2) is 4.68 Å². The van der Waals surface area contributed by atoms with Crippen molar-refractivity contribution >= 4 is 11.4 Å². The van der Waals surface area contributed by atoms with Crippen molar-refractivity contribution in [3.05, 3.63) is 80.6 Å². The normalized spacial score (nSPS) is 16.7. The Kier molecular flexibility index (Phi) is 5.58. The van der Waals surface area contributed by atoms with E-state index in [0.29, 0.717) is 29.2 Å². The Morgan fingerprint density at radius 1 is 1.23 bits per heavy atom. The highest BCUT2D eigenvalue weighted by Crippen LogP contribution is 2.22. The van der Waals surface area contributed by atoms with Crippen LogP contribution in [0.2, 0.25) is 0 Å². The van der Waals surface area contributed by atoms with E-state index in [4.69, 9.17) is 4.74 Å². The van der Waals surface area contributed by atoms with Gasteiger partial charge in [-0.15, -0.1) is 0 Å². The van der Waals surface area contributed by atoms with Gasteiger partial charge in [-0.1, -0.05) is 30.3 Å². The van der Waals surface area contributed by atoms with Gasteiger partial charge >= 0.3 is 0 Å². The summed E-state index contributed by atoms with van der Waals surface area (Å²) in [5.74, 6) is 0. The van der Waals surface area contributed by atoms with Crippen molar-refractivity contribution < 1.29 is 9.66 Å². The van der Waals surface area contributed by atoms with Crippen LogP contribution in [0.3, 0.4) is 0 Å². The number of aromatic nitrogens is 2. The van der Waals surface area contributed by atoms with Crippen molar-refractivity contribution in [3.8, 4) is 16.9 Å². The van der Waals surface area contributed by atoms with Crippen molar-refractivity contribution in [3.63, 3.8) is 0 Å². The molecule has 30 heavy (non-hydrogen) atoms. The fourth-order valence-electron chi connectivity index (χ4n) is 3.60. The van der Waals surface area contributed by atoms with Gasteiger partial charge in [-0.2, -0.15) is 0 Å². The first kappa shape index (κ1) is 19.8. The summed E-state index contributed by atoms with van der Waals surface area (Å²) in [6.45, 7) is 3.10. The lowest BCUT2D eigenvalue weighted by molar-refractivity contribution is -0.384. The summed E-state index contributed by atoms with van der Waals surface area (Å²) >= 11 is 0. The quantitative estimate of drug-likeness (QED) is 0.383. The Morgan fingerprint density at radius 3 is 2.60 bits per heavy atom. The van der Waals surface area contributed by atoms with Crippen molar-refractivity contribution in [1.82, 2.24) is 9.78 Å². The largest absolute Gasteiger partial charge is 0.376 e. The molecule has 1 aromatic heterocycles. The lowest BCUT2D eigenvalue weighted by atomic mass is 10.1.